The molecular formula is C24H29FN6O2. The van der Waals surface area contributed by atoms with Crippen molar-refractivity contribution in [2.75, 3.05) is 23.8 Å². The first-order valence-electron chi connectivity index (χ1n) is 12.0. The Bertz CT molecular complexity index is 1130. The number of benzene rings is 1. The number of nitrogens with one attached hydrogen (secondary N) is 2. The molecule has 2 saturated carbocycles. The molecule has 1 saturated heterocycles. The van der Waals surface area contributed by atoms with E-state index in [0.29, 0.717) is 42.4 Å². The van der Waals surface area contributed by atoms with Gasteiger partial charge in [-0.1, -0.05) is 25.0 Å². The number of nitrogens with zero attached hydrogens (tertiary/aromatic N) is 4. The van der Waals surface area contributed by atoms with Crippen LogP contribution < -0.4 is 10.6 Å². The van der Waals surface area contributed by atoms with E-state index in [1.807, 2.05) is 6.07 Å². The summed E-state index contributed by atoms with van der Waals surface area (Å²) in [5, 5.41) is 6.71. The third kappa shape index (κ3) is 4.04. The number of hydrogen-bond acceptors (Lipinski definition) is 7. The molecule has 33 heavy (non-hydrogen) atoms. The van der Waals surface area contributed by atoms with Crippen LogP contribution in [0.1, 0.15) is 57.4 Å². The first kappa shape index (κ1) is 20.8. The number of ether oxygens (including phenoxy) is 2. The second kappa shape index (κ2) is 8.53. The van der Waals surface area contributed by atoms with Crippen molar-refractivity contribution in [1.29, 1.82) is 0 Å². The van der Waals surface area contributed by atoms with Crippen LogP contribution in [0.25, 0.3) is 11.2 Å². The van der Waals surface area contributed by atoms with Crippen molar-refractivity contribution in [2.24, 2.45) is 0 Å². The smallest absolute Gasteiger partial charge is 0.224 e. The monoisotopic (exact) mass is 452 g/mol. The fourth-order valence-corrected chi connectivity index (χ4v) is 5.41. The zero-order chi connectivity index (χ0) is 22.3. The van der Waals surface area contributed by atoms with Gasteiger partial charge in [0, 0.05) is 24.9 Å². The van der Waals surface area contributed by atoms with Crippen LogP contribution >= 0.6 is 0 Å². The van der Waals surface area contributed by atoms with Gasteiger partial charge in [-0.25, -0.2) is 14.4 Å². The molecule has 0 amide bonds. The van der Waals surface area contributed by atoms with Crippen LogP contribution in [0.3, 0.4) is 0 Å². The maximum atomic E-state index is 14.3. The fraction of sp³-hybridized carbons (Fsp3) is 0.542. The van der Waals surface area contributed by atoms with E-state index < -0.39 is 0 Å². The lowest BCUT2D eigenvalue weighted by atomic mass is 9.90. The summed E-state index contributed by atoms with van der Waals surface area (Å²) in [5.74, 6) is 0.537. The molecule has 3 heterocycles. The van der Waals surface area contributed by atoms with Crippen molar-refractivity contribution in [2.45, 2.75) is 69.2 Å². The highest BCUT2D eigenvalue weighted by molar-refractivity contribution is 5.76. The minimum Gasteiger partial charge on any atom is -0.351 e. The molecule has 3 fully saturated rings. The lowest BCUT2D eigenvalue weighted by molar-refractivity contribution is -0.177. The number of aromatic nitrogens is 4. The quantitative estimate of drug-likeness (QED) is 0.568. The molecule has 2 aromatic heterocycles. The van der Waals surface area contributed by atoms with Crippen molar-refractivity contribution < 1.29 is 13.9 Å². The number of hydrogen-bond donors (Lipinski definition) is 2. The van der Waals surface area contributed by atoms with Gasteiger partial charge in [0.25, 0.3) is 0 Å². The number of anilines is 3. The van der Waals surface area contributed by atoms with Crippen LogP contribution in [0.5, 0.6) is 0 Å². The molecule has 6 rings (SSSR count). The number of para-hydroxylation sites is 1. The van der Waals surface area contributed by atoms with Gasteiger partial charge >= 0.3 is 0 Å². The van der Waals surface area contributed by atoms with Crippen LogP contribution in [0.4, 0.5) is 22.0 Å². The second-order valence-corrected chi connectivity index (χ2v) is 9.28. The van der Waals surface area contributed by atoms with E-state index in [9.17, 15) is 4.39 Å². The Balaban J connectivity index is 1.27. The Labute approximate surface area is 191 Å². The molecule has 9 heteroatoms. The SMILES string of the molecule is Fc1ccccc1Nc1nc2cnc(NC3CCC4(CC3)OCCO4)nc2n1C1CCCC1. The third-order valence-electron chi connectivity index (χ3n) is 7.14. The first-order valence-corrected chi connectivity index (χ1v) is 12.0. The highest BCUT2D eigenvalue weighted by Crippen LogP contribution is 2.38. The van der Waals surface area contributed by atoms with Gasteiger partial charge in [-0.15, -0.1) is 0 Å². The van der Waals surface area contributed by atoms with Gasteiger partial charge in [0.2, 0.25) is 11.9 Å². The fourth-order valence-electron chi connectivity index (χ4n) is 5.41. The molecule has 0 atom stereocenters. The summed E-state index contributed by atoms with van der Waals surface area (Å²) < 4.78 is 28.1. The average Bonchev–Trinajstić information content (AvgIpc) is 3.57. The molecule has 1 aromatic carbocycles. The third-order valence-corrected chi connectivity index (χ3v) is 7.14. The lowest BCUT2D eigenvalue weighted by Crippen LogP contribution is -2.39. The van der Waals surface area contributed by atoms with Gasteiger partial charge in [-0.3, -0.25) is 4.57 Å². The van der Waals surface area contributed by atoms with Crippen LogP contribution in [0.15, 0.2) is 30.5 Å². The zero-order valence-electron chi connectivity index (χ0n) is 18.6. The molecule has 1 aliphatic heterocycles. The number of fused-ring (bicyclic) bond motifs is 1. The molecule has 0 bridgehead atoms. The molecule has 3 aromatic rings. The Morgan fingerprint density at radius 2 is 1.76 bits per heavy atom. The van der Waals surface area contributed by atoms with E-state index in [1.165, 1.54) is 18.9 Å². The molecule has 3 aliphatic rings. The van der Waals surface area contributed by atoms with Crippen molar-refractivity contribution in [1.82, 2.24) is 19.5 Å². The van der Waals surface area contributed by atoms with Gasteiger partial charge in [-0.2, -0.15) is 4.98 Å². The van der Waals surface area contributed by atoms with E-state index in [4.69, 9.17) is 19.4 Å². The summed E-state index contributed by atoms with van der Waals surface area (Å²) in [7, 11) is 0. The Kier molecular flexibility index (Phi) is 5.38. The largest absolute Gasteiger partial charge is 0.351 e. The first-order chi connectivity index (χ1) is 16.2. The van der Waals surface area contributed by atoms with Gasteiger partial charge in [0.05, 0.1) is 25.1 Å². The zero-order valence-corrected chi connectivity index (χ0v) is 18.6. The summed E-state index contributed by atoms with van der Waals surface area (Å²) in [4.78, 5) is 14.1. The molecule has 0 radical (unpaired) electrons. The summed E-state index contributed by atoms with van der Waals surface area (Å²) in [5.41, 5.74) is 1.90. The summed E-state index contributed by atoms with van der Waals surface area (Å²) in [6.45, 7) is 1.37. The van der Waals surface area contributed by atoms with E-state index >= 15 is 0 Å². The van der Waals surface area contributed by atoms with E-state index in [-0.39, 0.29) is 17.6 Å². The molecule has 1 spiro atoms. The maximum absolute atomic E-state index is 14.3. The lowest BCUT2D eigenvalue weighted by Gasteiger charge is -2.35. The van der Waals surface area contributed by atoms with E-state index in [2.05, 4.69) is 20.2 Å². The van der Waals surface area contributed by atoms with Gasteiger partial charge in [0.15, 0.2) is 11.4 Å². The molecule has 2 N–H and O–H groups in total. The topological polar surface area (TPSA) is 86.1 Å². The molecular weight excluding hydrogens is 423 g/mol. The number of halogens is 1. The Morgan fingerprint density at radius 3 is 2.52 bits per heavy atom. The number of imidazole rings is 1. The van der Waals surface area contributed by atoms with Gasteiger partial charge in [-0.05, 0) is 37.8 Å². The maximum Gasteiger partial charge on any atom is 0.224 e. The molecule has 8 nitrogen and oxygen atoms in total. The number of rotatable bonds is 5. The molecule has 0 unspecified atom stereocenters. The normalized spacial score (nSPS) is 21.2. The van der Waals surface area contributed by atoms with E-state index in [0.717, 1.165) is 44.2 Å². The van der Waals surface area contributed by atoms with Gasteiger partial charge < -0.3 is 20.1 Å². The summed E-state index contributed by atoms with van der Waals surface area (Å²) in [6, 6.07) is 7.23. The van der Waals surface area contributed by atoms with Crippen LogP contribution in [-0.2, 0) is 9.47 Å². The average molecular weight is 453 g/mol. The summed E-state index contributed by atoms with van der Waals surface area (Å²) in [6.07, 6.45) is 9.89. The van der Waals surface area contributed by atoms with Crippen molar-refractivity contribution in [3.05, 3.63) is 36.3 Å². The highest BCUT2D eigenvalue weighted by atomic mass is 19.1. The minimum absolute atomic E-state index is 0.278. The van der Waals surface area contributed by atoms with Gasteiger partial charge in [0.1, 0.15) is 11.3 Å². The van der Waals surface area contributed by atoms with Crippen molar-refractivity contribution in [3.63, 3.8) is 0 Å². The molecule has 174 valence electrons. The van der Waals surface area contributed by atoms with E-state index in [1.54, 1.807) is 18.3 Å². The molecule has 2 aliphatic carbocycles. The summed E-state index contributed by atoms with van der Waals surface area (Å²) >= 11 is 0. The Hall–Kier alpha value is -2.78. The minimum atomic E-state index is -0.378. The highest BCUT2D eigenvalue weighted by Gasteiger charge is 2.40. The van der Waals surface area contributed by atoms with Crippen molar-refractivity contribution >= 4 is 28.7 Å². The van der Waals surface area contributed by atoms with Crippen LogP contribution in [0.2, 0.25) is 0 Å². The Morgan fingerprint density at radius 1 is 1.00 bits per heavy atom. The second-order valence-electron chi connectivity index (χ2n) is 9.28. The van der Waals surface area contributed by atoms with Crippen LogP contribution in [0, 0.1) is 5.82 Å². The standard InChI is InChI=1S/C24H29FN6O2/c25-18-7-3-4-8-19(18)28-23-29-20-15-26-22(30-21(20)31(23)17-5-1-2-6-17)27-16-9-11-24(12-10-16)32-13-14-33-24/h3-4,7-8,15-17H,1-2,5-6,9-14H2,(H,28,29)(H,26,27,30). The predicted octanol–water partition coefficient (Wildman–Crippen LogP) is 4.92. The van der Waals surface area contributed by atoms with Crippen molar-refractivity contribution in [3.8, 4) is 0 Å². The predicted molar refractivity (Wildman–Crippen MR) is 123 cm³/mol. The van der Waals surface area contributed by atoms with Crippen LogP contribution in [-0.4, -0.2) is 44.6 Å².